The fraction of sp³-hybridized carbons (Fsp3) is 0.522. The third-order valence-corrected chi connectivity index (χ3v) is 6.24. The molecule has 1 aromatic carbocycles. The van der Waals surface area contributed by atoms with E-state index in [1.807, 2.05) is 18.2 Å². The number of nitriles is 1. The molecule has 1 nitrogen and oxygen atoms in total. The highest BCUT2D eigenvalue weighted by Crippen LogP contribution is 2.43. The summed E-state index contributed by atoms with van der Waals surface area (Å²) in [5.74, 6) is 1.76. The molecular formula is C23H28FN. The van der Waals surface area contributed by atoms with E-state index < -0.39 is 0 Å². The zero-order chi connectivity index (χ0) is 17.6. The molecule has 1 atom stereocenters. The van der Waals surface area contributed by atoms with Gasteiger partial charge >= 0.3 is 0 Å². The van der Waals surface area contributed by atoms with Gasteiger partial charge in [-0.2, -0.15) is 5.26 Å². The fourth-order valence-electron chi connectivity index (χ4n) is 4.65. The number of nitrogens with zero attached hydrogens (tertiary/aromatic N) is 1. The molecule has 2 aliphatic rings. The Bertz CT molecular complexity index is 674. The minimum Gasteiger partial charge on any atom is -0.206 e. The highest BCUT2D eigenvalue weighted by Gasteiger charge is 2.29. The van der Waals surface area contributed by atoms with Crippen LogP contribution in [0.15, 0.2) is 42.5 Å². The Kier molecular flexibility index (Phi) is 6.08. The molecule has 2 aliphatic carbocycles. The van der Waals surface area contributed by atoms with Gasteiger partial charge in [-0.25, -0.2) is 4.39 Å². The lowest BCUT2D eigenvalue weighted by Gasteiger charge is -2.35. The Morgan fingerprint density at radius 1 is 1.16 bits per heavy atom. The number of hydrogen-bond acceptors (Lipinski definition) is 1. The molecule has 0 aromatic heterocycles. The second-order valence-electron chi connectivity index (χ2n) is 7.69. The molecular weight excluding hydrogens is 309 g/mol. The monoisotopic (exact) mass is 337 g/mol. The van der Waals surface area contributed by atoms with Gasteiger partial charge in [0.25, 0.3) is 0 Å². The molecule has 1 aromatic rings. The van der Waals surface area contributed by atoms with Gasteiger partial charge in [-0.3, -0.25) is 0 Å². The molecule has 0 bridgehead atoms. The highest BCUT2D eigenvalue weighted by molar-refractivity contribution is 5.35. The summed E-state index contributed by atoms with van der Waals surface area (Å²) in [5, 5.41) is 8.87. The van der Waals surface area contributed by atoms with Crippen molar-refractivity contribution in [2.24, 2.45) is 11.8 Å². The molecule has 0 saturated heterocycles. The van der Waals surface area contributed by atoms with Crippen molar-refractivity contribution in [1.82, 2.24) is 0 Å². The molecule has 0 N–H and O–H groups in total. The second-order valence-corrected chi connectivity index (χ2v) is 7.69. The van der Waals surface area contributed by atoms with E-state index in [4.69, 9.17) is 5.26 Å². The number of rotatable bonds is 5. The van der Waals surface area contributed by atoms with Gasteiger partial charge in [0.05, 0.1) is 5.56 Å². The topological polar surface area (TPSA) is 23.8 Å². The molecule has 0 heterocycles. The lowest BCUT2D eigenvalue weighted by atomic mass is 9.70. The molecule has 0 spiro atoms. The molecule has 2 heteroatoms. The lowest BCUT2D eigenvalue weighted by molar-refractivity contribution is 0.217. The molecule has 0 aliphatic heterocycles. The molecule has 1 saturated carbocycles. The number of allylic oxidation sites excluding steroid dienone is 3. The van der Waals surface area contributed by atoms with E-state index in [2.05, 4.69) is 12.7 Å². The Morgan fingerprint density at radius 3 is 2.56 bits per heavy atom. The number of hydrogen-bond donors (Lipinski definition) is 0. The predicted octanol–water partition coefficient (Wildman–Crippen LogP) is 6.66. The van der Waals surface area contributed by atoms with Gasteiger partial charge in [0.2, 0.25) is 0 Å². The first-order valence-electron chi connectivity index (χ1n) is 9.69. The highest BCUT2D eigenvalue weighted by atomic mass is 19.1. The van der Waals surface area contributed by atoms with Crippen molar-refractivity contribution in [2.75, 3.05) is 0 Å². The van der Waals surface area contributed by atoms with Gasteiger partial charge < -0.3 is 0 Å². The Balaban J connectivity index is 1.52. The first-order valence-corrected chi connectivity index (χ1v) is 9.69. The summed E-state index contributed by atoms with van der Waals surface area (Å²) in [7, 11) is 0. The fourth-order valence-corrected chi connectivity index (χ4v) is 4.65. The summed E-state index contributed by atoms with van der Waals surface area (Å²) in [6.07, 6.45) is 15.4. The van der Waals surface area contributed by atoms with Crippen LogP contribution in [-0.4, -0.2) is 0 Å². The maximum Gasteiger partial charge on any atom is 0.141 e. The standard InChI is InChI=1S/C23H28FN/c1-2-3-4-17-5-7-18(8-6-17)19-9-11-20(12-10-19)21-13-14-22(16-25)23(24)15-21/h2,5,13-15,18-20H,1,3-4,6-12H2. The summed E-state index contributed by atoms with van der Waals surface area (Å²) >= 11 is 0. The maximum absolute atomic E-state index is 13.9. The van der Waals surface area contributed by atoms with Crippen LogP contribution in [0.2, 0.25) is 0 Å². The molecule has 0 radical (unpaired) electrons. The van der Waals surface area contributed by atoms with Gasteiger partial charge in [0.1, 0.15) is 11.9 Å². The average Bonchev–Trinajstić information content (AvgIpc) is 2.67. The van der Waals surface area contributed by atoms with Crippen LogP contribution in [0, 0.1) is 29.0 Å². The van der Waals surface area contributed by atoms with Gasteiger partial charge in [0, 0.05) is 0 Å². The van der Waals surface area contributed by atoms with Gasteiger partial charge in [-0.1, -0.05) is 23.8 Å². The minimum absolute atomic E-state index is 0.152. The van der Waals surface area contributed by atoms with Crippen molar-refractivity contribution in [2.45, 2.75) is 63.7 Å². The molecule has 0 amide bonds. The van der Waals surface area contributed by atoms with Crippen LogP contribution >= 0.6 is 0 Å². The van der Waals surface area contributed by atoms with Crippen molar-refractivity contribution in [1.29, 1.82) is 5.26 Å². The van der Waals surface area contributed by atoms with Crippen LogP contribution in [0.4, 0.5) is 4.39 Å². The summed E-state index contributed by atoms with van der Waals surface area (Å²) in [4.78, 5) is 0. The van der Waals surface area contributed by atoms with Crippen molar-refractivity contribution >= 4 is 0 Å². The van der Waals surface area contributed by atoms with E-state index in [0.717, 1.165) is 36.7 Å². The van der Waals surface area contributed by atoms with E-state index in [1.165, 1.54) is 38.5 Å². The summed E-state index contributed by atoms with van der Waals surface area (Å²) in [6, 6.07) is 7.07. The molecule has 1 fully saturated rings. The van der Waals surface area contributed by atoms with Crippen molar-refractivity contribution in [3.05, 3.63) is 59.4 Å². The van der Waals surface area contributed by atoms with Crippen LogP contribution in [0.25, 0.3) is 0 Å². The number of benzene rings is 1. The second kappa shape index (κ2) is 8.48. The zero-order valence-electron chi connectivity index (χ0n) is 15.0. The van der Waals surface area contributed by atoms with Gasteiger partial charge in [0.15, 0.2) is 0 Å². The largest absolute Gasteiger partial charge is 0.206 e. The van der Waals surface area contributed by atoms with E-state index in [9.17, 15) is 4.39 Å². The summed E-state index contributed by atoms with van der Waals surface area (Å²) in [5.41, 5.74) is 2.85. The summed E-state index contributed by atoms with van der Waals surface area (Å²) < 4.78 is 13.9. The maximum atomic E-state index is 13.9. The number of halogens is 1. The Hall–Kier alpha value is -1.88. The molecule has 25 heavy (non-hydrogen) atoms. The van der Waals surface area contributed by atoms with Crippen LogP contribution in [0.5, 0.6) is 0 Å². The quantitative estimate of drug-likeness (QED) is 0.551. The van der Waals surface area contributed by atoms with Crippen LogP contribution in [0.3, 0.4) is 0 Å². The average molecular weight is 337 g/mol. The normalized spacial score (nSPS) is 26.6. The first kappa shape index (κ1) is 17.9. The zero-order valence-corrected chi connectivity index (χ0v) is 15.0. The Morgan fingerprint density at radius 2 is 1.96 bits per heavy atom. The Labute approximate surface area is 151 Å². The third kappa shape index (κ3) is 4.40. The van der Waals surface area contributed by atoms with Crippen molar-refractivity contribution < 1.29 is 4.39 Å². The molecule has 132 valence electrons. The van der Waals surface area contributed by atoms with E-state index in [0.29, 0.717) is 5.92 Å². The van der Waals surface area contributed by atoms with Crippen LogP contribution in [-0.2, 0) is 0 Å². The molecule has 3 rings (SSSR count). The molecule has 1 unspecified atom stereocenters. The minimum atomic E-state index is -0.369. The van der Waals surface area contributed by atoms with Crippen LogP contribution < -0.4 is 0 Å². The SMILES string of the molecule is C=CCCC1=CCC(C2CCC(c3ccc(C#N)c(F)c3)CC2)CC1. The first-order chi connectivity index (χ1) is 12.2. The lowest BCUT2D eigenvalue weighted by Crippen LogP contribution is -2.22. The van der Waals surface area contributed by atoms with Crippen LogP contribution in [0.1, 0.15) is 74.8 Å². The van der Waals surface area contributed by atoms with Gasteiger partial charge in [-0.05, 0) is 93.2 Å². The van der Waals surface area contributed by atoms with Gasteiger partial charge in [-0.15, -0.1) is 6.58 Å². The van der Waals surface area contributed by atoms with Crippen molar-refractivity contribution in [3.8, 4) is 6.07 Å². The van der Waals surface area contributed by atoms with E-state index >= 15 is 0 Å². The summed E-state index contributed by atoms with van der Waals surface area (Å²) in [6.45, 7) is 3.81. The smallest absolute Gasteiger partial charge is 0.141 e. The van der Waals surface area contributed by atoms with E-state index in [-0.39, 0.29) is 11.4 Å². The third-order valence-electron chi connectivity index (χ3n) is 6.24. The van der Waals surface area contributed by atoms with E-state index in [1.54, 1.807) is 17.7 Å². The van der Waals surface area contributed by atoms with Crippen molar-refractivity contribution in [3.63, 3.8) is 0 Å². The predicted molar refractivity (Wildman–Crippen MR) is 101 cm³/mol.